The SMILES string of the molecule is [N-]=[N+]=NC(=O)[C@H](O)[C@@H](O)[C@H](O)[C@H](O)C(=O)O. The summed E-state index contributed by atoms with van der Waals surface area (Å²) in [5, 5.41) is 46.6. The molecule has 0 unspecified atom stereocenters. The monoisotopic (exact) mass is 235 g/mol. The quantitative estimate of drug-likeness (QED) is 0.195. The second-order valence-corrected chi connectivity index (χ2v) is 2.74. The van der Waals surface area contributed by atoms with E-state index in [4.69, 9.17) is 31.1 Å². The van der Waals surface area contributed by atoms with Gasteiger partial charge in [-0.1, -0.05) is 0 Å². The largest absolute Gasteiger partial charge is 0.479 e. The van der Waals surface area contributed by atoms with Gasteiger partial charge in [0.05, 0.1) is 0 Å². The fraction of sp³-hybridized carbons (Fsp3) is 0.667. The summed E-state index contributed by atoms with van der Waals surface area (Å²) in [6, 6.07) is 0. The topological polar surface area (TPSA) is 184 Å². The van der Waals surface area contributed by atoms with E-state index in [2.05, 4.69) is 5.11 Å². The maximum atomic E-state index is 10.7. The molecule has 0 aliphatic heterocycles. The molecule has 0 radical (unpaired) electrons. The predicted octanol–water partition coefficient (Wildman–Crippen LogP) is -2.65. The van der Waals surface area contributed by atoms with Crippen molar-refractivity contribution in [3.05, 3.63) is 10.4 Å². The Bertz CT molecular complexity index is 326. The number of nitrogens with zero attached hydrogens (tertiary/aromatic N) is 3. The Kier molecular flexibility index (Phi) is 5.36. The fourth-order valence-corrected chi connectivity index (χ4v) is 0.769. The zero-order valence-electron chi connectivity index (χ0n) is 7.70. The minimum Gasteiger partial charge on any atom is -0.479 e. The molecule has 0 aliphatic rings. The summed E-state index contributed by atoms with van der Waals surface area (Å²) in [6.07, 6.45) is -9.29. The highest BCUT2D eigenvalue weighted by atomic mass is 16.4. The zero-order chi connectivity index (χ0) is 12.9. The smallest absolute Gasteiger partial charge is 0.335 e. The highest BCUT2D eigenvalue weighted by Gasteiger charge is 2.36. The van der Waals surface area contributed by atoms with E-state index >= 15 is 0 Å². The van der Waals surface area contributed by atoms with Gasteiger partial charge in [-0.25, -0.2) is 4.79 Å². The van der Waals surface area contributed by atoms with Crippen molar-refractivity contribution in [1.82, 2.24) is 0 Å². The molecular formula is C6H9N3O7. The number of hydrogen-bond acceptors (Lipinski definition) is 6. The number of carbonyl (C=O) groups excluding carboxylic acids is 1. The summed E-state index contributed by atoms with van der Waals surface area (Å²) < 4.78 is 0. The Morgan fingerprint density at radius 2 is 1.50 bits per heavy atom. The summed E-state index contributed by atoms with van der Waals surface area (Å²) in [7, 11) is 0. The lowest BCUT2D eigenvalue weighted by molar-refractivity contribution is -0.165. The number of carbonyl (C=O) groups is 2. The van der Waals surface area contributed by atoms with Crippen LogP contribution in [0, 0.1) is 0 Å². The van der Waals surface area contributed by atoms with Gasteiger partial charge in [0, 0.05) is 4.91 Å². The number of amides is 1. The highest BCUT2D eigenvalue weighted by molar-refractivity contribution is 5.82. The van der Waals surface area contributed by atoms with Gasteiger partial charge in [-0.05, 0) is 10.6 Å². The summed E-state index contributed by atoms with van der Waals surface area (Å²) >= 11 is 0. The van der Waals surface area contributed by atoms with Gasteiger partial charge >= 0.3 is 5.97 Å². The van der Waals surface area contributed by atoms with Crippen molar-refractivity contribution >= 4 is 11.9 Å². The van der Waals surface area contributed by atoms with Gasteiger partial charge in [0.2, 0.25) is 5.91 Å². The molecule has 0 aromatic carbocycles. The van der Waals surface area contributed by atoms with Gasteiger partial charge in [0.25, 0.3) is 0 Å². The molecule has 5 N–H and O–H groups in total. The summed E-state index contributed by atoms with van der Waals surface area (Å²) in [6.45, 7) is 0. The van der Waals surface area contributed by atoms with Crippen molar-refractivity contribution in [2.75, 3.05) is 0 Å². The number of hydrogen-bond donors (Lipinski definition) is 5. The van der Waals surface area contributed by atoms with Crippen LogP contribution in [-0.2, 0) is 9.59 Å². The lowest BCUT2D eigenvalue weighted by Gasteiger charge is -2.22. The van der Waals surface area contributed by atoms with Crippen LogP contribution in [0.2, 0.25) is 0 Å². The molecule has 10 heteroatoms. The Balaban J connectivity index is 4.66. The average molecular weight is 235 g/mol. The number of aliphatic hydroxyl groups excluding tert-OH is 4. The molecule has 90 valence electrons. The molecule has 0 aliphatic carbocycles. The van der Waals surface area contributed by atoms with Crippen LogP contribution in [0.25, 0.3) is 10.4 Å². The molecule has 10 nitrogen and oxygen atoms in total. The Morgan fingerprint density at radius 3 is 1.88 bits per heavy atom. The highest BCUT2D eigenvalue weighted by Crippen LogP contribution is 2.07. The summed E-state index contributed by atoms with van der Waals surface area (Å²) in [5.41, 5.74) is 7.84. The van der Waals surface area contributed by atoms with Crippen molar-refractivity contribution in [1.29, 1.82) is 0 Å². The van der Waals surface area contributed by atoms with Gasteiger partial charge < -0.3 is 25.5 Å². The normalized spacial score (nSPS) is 17.8. The molecule has 1 amide bonds. The number of aliphatic carboxylic acids is 1. The zero-order valence-corrected chi connectivity index (χ0v) is 7.70. The minimum absolute atomic E-state index is 1.51. The fourth-order valence-electron chi connectivity index (χ4n) is 0.769. The van der Waals surface area contributed by atoms with Gasteiger partial charge in [-0.15, -0.1) is 0 Å². The molecule has 0 bridgehead atoms. The second-order valence-electron chi connectivity index (χ2n) is 2.74. The van der Waals surface area contributed by atoms with Crippen LogP contribution in [0.4, 0.5) is 0 Å². The van der Waals surface area contributed by atoms with E-state index in [1.807, 2.05) is 4.91 Å². The maximum absolute atomic E-state index is 10.7. The predicted molar refractivity (Wildman–Crippen MR) is 45.8 cm³/mol. The lowest BCUT2D eigenvalue weighted by Crippen LogP contribution is -2.49. The molecule has 0 saturated heterocycles. The second kappa shape index (κ2) is 6.00. The van der Waals surface area contributed by atoms with Gasteiger partial charge in [0.15, 0.2) is 6.10 Å². The first kappa shape index (κ1) is 14.3. The van der Waals surface area contributed by atoms with E-state index in [0.717, 1.165) is 0 Å². The van der Waals surface area contributed by atoms with Crippen molar-refractivity contribution in [2.45, 2.75) is 24.4 Å². The number of aliphatic hydroxyl groups is 4. The van der Waals surface area contributed by atoms with Crippen LogP contribution in [-0.4, -0.2) is 61.8 Å². The molecule has 0 aromatic heterocycles. The van der Waals surface area contributed by atoms with E-state index < -0.39 is 36.3 Å². The molecule has 0 rings (SSSR count). The van der Waals surface area contributed by atoms with Crippen molar-refractivity contribution in [3.8, 4) is 0 Å². The van der Waals surface area contributed by atoms with Crippen LogP contribution >= 0.6 is 0 Å². The van der Waals surface area contributed by atoms with E-state index in [0.29, 0.717) is 0 Å². The first-order chi connectivity index (χ1) is 7.32. The van der Waals surface area contributed by atoms with E-state index in [-0.39, 0.29) is 0 Å². The number of azide groups is 1. The van der Waals surface area contributed by atoms with Gasteiger partial charge in [-0.3, -0.25) is 4.79 Å². The molecular weight excluding hydrogens is 226 g/mol. The van der Waals surface area contributed by atoms with Crippen molar-refractivity contribution in [2.24, 2.45) is 5.11 Å². The van der Waals surface area contributed by atoms with Gasteiger partial charge in [0.1, 0.15) is 18.3 Å². The Hall–Kier alpha value is -1.71. The molecule has 4 atom stereocenters. The van der Waals surface area contributed by atoms with Gasteiger partial charge in [-0.2, -0.15) is 0 Å². The third kappa shape index (κ3) is 3.46. The Labute approximate surface area is 88.0 Å². The first-order valence-electron chi connectivity index (χ1n) is 3.87. The number of carboxylic acids is 1. The first-order valence-corrected chi connectivity index (χ1v) is 3.87. The van der Waals surface area contributed by atoms with Crippen LogP contribution < -0.4 is 0 Å². The van der Waals surface area contributed by atoms with E-state index in [9.17, 15) is 9.59 Å². The molecule has 0 aromatic rings. The molecule has 0 saturated carbocycles. The average Bonchev–Trinajstić information content (AvgIpc) is 2.25. The van der Waals surface area contributed by atoms with E-state index in [1.54, 1.807) is 0 Å². The summed E-state index contributed by atoms with van der Waals surface area (Å²) in [4.78, 5) is 22.9. The number of rotatable bonds is 5. The lowest BCUT2D eigenvalue weighted by atomic mass is 10.0. The Morgan fingerprint density at radius 1 is 1.06 bits per heavy atom. The molecule has 0 fully saturated rings. The van der Waals surface area contributed by atoms with Crippen molar-refractivity contribution < 1.29 is 35.1 Å². The molecule has 0 heterocycles. The molecule has 16 heavy (non-hydrogen) atoms. The molecule has 0 spiro atoms. The maximum Gasteiger partial charge on any atom is 0.335 e. The third-order valence-corrected chi connectivity index (χ3v) is 1.65. The van der Waals surface area contributed by atoms with Crippen molar-refractivity contribution in [3.63, 3.8) is 0 Å². The minimum atomic E-state index is -2.39. The van der Waals surface area contributed by atoms with Crippen LogP contribution in [0.5, 0.6) is 0 Å². The van der Waals surface area contributed by atoms with Crippen LogP contribution in [0.15, 0.2) is 5.11 Å². The third-order valence-electron chi connectivity index (χ3n) is 1.65. The van der Waals surface area contributed by atoms with Crippen LogP contribution in [0.3, 0.4) is 0 Å². The van der Waals surface area contributed by atoms with Crippen LogP contribution in [0.1, 0.15) is 0 Å². The summed E-state index contributed by atoms with van der Waals surface area (Å²) in [5.74, 6) is -3.36. The van der Waals surface area contributed by atoms with E-state index in [1.165, 1.54) is 0 Å². The standard InChI is InChI=1S/C6H9N3O7/c7-9-8-5(14)3(12)1(10)2(11)4(13)6(15)16/h1-4,10-13H,(H,15,16)/t1-,2-,3+,4-/m0/s1. The number of carboxylic acid groups (broad SMARTS) is 1.